The van der Waals surface area contributed by atoms with Gasteiger partial charge in [0.1, 0.15) is 0 Å². The summed E-state index contributed by atoms with van der Waals surface area (Å²) in [6.07, 6.45) is 1.60. The lowest BCUT2D eigenvalue weighted by Crippen LogP contribution is -2.08. The van der Waals surface area contributed by atoms with Gasteiger partial charge in [-0.2, -0.15) is 0 Å². The molecular weight excluding hydrogens is 203 g/mol. The number of hydrogen-bond acceptors (Lipinski definition) is 1. The van der Waals surface area contributed by atoms with Crippen molar-refractivity contribution in [3.63, 3.8) is 0 Å². The fourth-order valence-electron chi connectivity index (χ4n) is 1.27. The lowest BCUT2D eigenvalue weighted by Gasteiger charge is -2.01. The second-order valence-electron chi connectivity index (χ2n) is 3.32. The minimum atomic E-state index is -1.43. The van der Waals surface area contributed by atoms with Crippen LogP contribution in [0.3, 0.4) is 0 Å². The highest BCUT2D eigenvalue weighted by Gasteiger charge is 2.09. The molecule has 0 aromatic heterocycles. The van der Waals surface area contributed by atoms with Gasteiger partial charge in [-0.3, -0.25) is 0 Å². The van der Waals surface area contributed by atoms with Gasteiger partial charge in [0.15, 0.2) is 17.5 Å². The van der Waals surface area contributed by atoms with Gasteiger partial charge in [-0.05, 0) is 31.7 Å². The summed E-state index contributed by atoms with van der Waals surface area (Å²) in [6, 6.07) is 1.94. The first-order chi connectivity index (χ1) is 7.04. The Morgan fingerprint density at radius 3 is 2.27 bits per heavy atom. The average Bonchev–Trinajstić information content (AvgIpc) is 2.14. The van der Waals surface area contributed by atoms with E-state index in [9.17, 15) is 13.2 Å². The van der Waals surface area contributed by atoms with E-state index < -0.39 is 17.5 Å². The molecule has 0 spiro atoms. The van der Waals surface area contributed by atoms with E-state index in [-0.39, 0.29) is 0 Å². The Labute approximate surface area is 86.6 Å². The average molecular weight is 215 g/mol. The smallest absolute Gasteiger partial charge is 0.194 e. The molecule has 0 heterocycles. The van der Waals surface area contributed by atoms with Crippen molar-refractivity contribution < 1.29 is 13.2 Å². The molecule has 0 bridgehead atoms. The van der Waals surface area contributed by atoms with Gasteiger partial charge in [-0.1, -0.05) is 11.6 Å². The molecule has 0 aliphatic carbocycles. The normalized spacial score (nSPS) is 11.9. The zero-order chi connectivity index (χ0) is 11.4. The van der Waals surface area contributed by atoms with Crippen LogP contribution in [0.1, 0.15) is 12.5 Å². The highest BCUT2D eigenvalue weighted by Crippen LogP contribution is 2.15. The Morgan fingerprint density at radius 1 is 1.27 bits per heavy atom. The van der Waals surface area contributed by atoms with Crippen LogP contribution in [0, 0.1) is 17.5 Å². The summed E-state index contributed by atoms with van der Waals surface area (Å²) in [5.74, 6) is -3.77. The molecule has 0 aliphatic rings. The van der Waals surface area contributed by atoms with Crippen molar-refractivity contribution in [1.29, 1.82) is 0 Å². The van der Waals surface area contributed by atoms with Crippen molar-refractivity contribution in [3.05, 3.63) is 40.7 Å². The van der Waals surface area contributed by atoms with Crippen LogP contribution < -0.4 is 5.32 Å². The maximum atomic E-state index is 12.8. The molecule has 0 fully saturated rings. The SMILES string of the molecule is CNCC(C)=Cc1cc(F)c(F)c(F)c1. The van der Waals surface area contributed by atoms with Gasteiger partial charge in [-0.15, -0.1) is 0 Å². The van der Waals surface area contributed by atoms with Gasteiger partial charge in [-0.25, -0.2) is 13.2 Å². The number of hydrogen-bond donors (Lipinski definition) is 1. The number of benzene rings is 1. The molecule has 0 atom stereocenters. The van der Waals surface area contributed by atoms with E-state index in [1.165, 1.54) is 0 Å². The number of halogens is 3. The van der Waals surface area contributed by atoms with Crippen LogP contribution in [0.5, 0.6) is 0 Å². The van der Waals surface area contributed by atoms with Crippen molar-refractivity contribution in [1.82, 2.24) is 5.32 Å². The summed E-state index contributed by atoms with van der Waals surface area (Å²) in [5, 5.41) is 2.90. The molecule has 0 unspecified atom stereocenters. The predicted molar refractivity (Wildman–Crippen MR) is 53.9 cm³/mol. The molecule has 0 saturated heterocycles. The van der Waals surface area contributed by atoms with Crippen LogP contribution in [-0.2, 0) is 0 Å². The van der Waals surface area contributed by atoms with Crippen molar-refractivity contribution in [2.24, 2.45) is 0 Å². The number of rotatable bonds is 3. The highest BCUT2D eigenvalue weighted by atomic mass is 19.2. The zero-order valence-electron chi connectivity index (χ0n) is 8.57. The third kappa shape index (κ3) is 3.09. The molecule has 1 rings (SSSR count). The summed E-state index contributed by atoms with van der Waals surface area (Å²) in [7, 11) is 1.77. The Hall–Kier alpha value is -1.29. The lowest BCUT2D eigenvalue weighted by atomic mass is 10.1. The summed E-state index contributed by atoms with van der Waals surface area (Å²) >= 11 is 0. The van der Waals surface area contributed by atoms with Crippen LogP contribution in [0.15, 0.2) is 17.7 Å². The Balaban J connectivity index is 3.02. The van der Waals surface area contributed by atoms with Gasteiger partial charge in [0.2, 0.25) is 0 Å². The summed E-state index contributed by atoms with van der Waals surface area (Å²) in [5.41, 5.74) is 1.22. The van der Waals surface area contributed by atoms with E-state index in [0.29, 0.717) is 12.1 Å². The standard InChI is InChI=1S/C11H12F3N/c1-7(6-15-2)3-8-4-9(12)11(14)10(13)5-8/h3-5,15H,6H2,1-2H3. The Morgan fingerprint density at radius 2 is 1.80 bits per heavy atom. The molecule has 1 N–H and O–H groups in total. The lowest BCUT2D eigenvalue weighted by molar-refractivity contribution is 0.447. The van der Waals surface area contributed by atoms with E-state index in [1.807, 2.05) is 6.92 Å². The first-order valence-electron chi connectivity index (χ1n) is 4.51. The van der Waals surface area contributed by atoms with E-state index in [4.69, 9.17) is 0 Å². The topological polar surface area (TPSA) is 12.0 Å². The van der Waals surface area contributed by atoms with Gasteiger partial charge in [0.25, 0.3) is 0 Å². The van der Waals surface area contributed by atoms with Crippen LogP contribution in [0.25, 0.3) is 6.08 Å². The minimum Gasteiger partial charge on any atom is -0.316 e. The third-order valence-corrected chi connectivity index (χ3v) is 1.87. The van der Waals surface area contributed by atoms with Crippen LogP contribution >= 0.6 is 0 Å². The van der Waals surface area contributed by atoms with E-state index in [1.54, 1.807) is 13.1 Å². The third-order valence-electron chi connectivity index (χ3n) is 1.87. The summed E-state index contributed by atoms with van der Waals surface area (Å²) in [4.78, 5) is 0. The van der Waals surface area contributed by atoms with Crippen LogP contribution in [-0.4, -0.2) is 13.6 Å². The van der Waals surface area contributed by atoms with E-state index in [2.05, 4.69) is 5.32 Å². The molecule has 15 heavy (non-hydrogen) atoms. The molecule has 1 aromatic rings. The molecular formula is C11H12F3N. The Bertz CT molecular complexity index is 362. The molecule has 4 heteroatoms. The van der Waals surface area contributed by atoms with Gasteiger partial charge >= 0.3 is 0 Å². The molecule has 0 aliphatic heterocycles. The molecule has 82 valence electrons. The number of likely N-dealkylation sites (N-methyl/N-ethyl adjacent to an activating group) is 1. The van der Waals surface area contributed by atoms with E-state index >= 15 is 0 Å². The molecule has 0 saturated carbocycles. The Kier molecular flexibility index (Phi) is 3.91. The quantitative estimate of drug-likeness (QED) is 0.764. The van der Waals surface area contributed by atoms with Crippen molar-refractivity contribution >= 4 is 6.08 Å². The first kappa shape index (κ1) is 11.8. The van der Waals surface area contributed by atoms with Gasteiger partial charge in [0, 0.05) is 6.54 Å². The van der Waals surface area contributed by atoms with Crippen LogP contribution in [0.4, 0.5) is 13.2 Å². The molecule has 0 radical (unpaired) electrons. The fourth-order valence-corrected chi connectivity index (χ4v) is 1.27. The zero-order valence-corrected chi connectivity index (χ0v) is 8.57. The molecule has 1 aromatic carbocycles. The maximum absolute atomic E-state index is 12.8. The number of nitrogens with one attached hydrogen (secondary N) is 1. The van der Waals surface area contributed by atoms with Crippen molar-refractivity contribution in [2.75, 3.05) is 13.6 Å². The largest absolute Gasteiger partial charge is 0.316 e. The van der Waals surface area contributed by atoms with Gasteiger partial charge < -0.3 is 5.32 Å². The maximum Gasteiger partial charge on any atom is 0.194 e. The van der Waals surface area contributed by atoms with Crippen molar-refractivity contribution in [2.45, 2.75) is 6.92 Å². The minimum absolute atomic E-state index is 0.319. The van der Waals surface area contributed by atoms with Gasteiger partial charge in [0.05, 0.1) is 0 Å². The molecule has 0 amide bonds. The molecule has 1 nitrogen and oxygen atoms in total. The monoisotopic (exact) mass is 215 g/mol. The van der Waals surface area contributed by atoms with E-state index in [0.717, 1.165) is 17.7 Å². The first-order valence-corrected chi connectivity index (χ1v) is 4.51. The summed E-state index contributed by atoms with van der Waals surface area (Å²) < 4.78 is 38.2. The summed E-state index contributed by atoms with van der Waals surface area (Å²) in [6.45, 7) is 2.43. The second kappa shape index (κ2) is 4.98. The van der Waals surface area contributed by atoms with Crippen molar-refractivity contribution in [3.8, 4) is 0 Å². The van der Waals surface area contributed by atoms with Crippen LogP contribution in [0.2, 0.25) is 0 Å². The predicted octanol–water partition coefficient (Wildman–Crippen LogP) is 2.73. The second-order valence-corrected chi connectivity index (χ2v) is 3.32. The fraction of sp³-hybridized carbons (Fsp3) is 0.273. The highest BCUT2D eigenvalue weighted by molar-refractivity contribution is 5.52.